The number of amides is 1. The molecule has 3 heterocycles. The van der Waals surface area contributed by atoms with Crippen molar-refractivity contribution in [3.8, 4) is 0 Å². The molecule has 1 saturated heterocycles. The summed E-state index contributed by atoms with van der Waals surface area (Å²) in [4.78, 5) is 26.3. The van der Waals surface area contributed by atoms with Gasteiger partial charge in [0.1, 0.15) is 5.82 Å². The molecule has 0 unspecified atom stereocenters. The van der Waals surface area contributed by atoms with E-state index in [9.17, 15) is 4.79 Å². The Bertz CT molecular complexity index is 675. The molecule has 23 heavy (non-hydrogen) atoms. The number of thiophene rings is 1. The van der Waals surface area contributed by atoms with Crippen LogP contribution < -0.4 is 4.90 Å². The van der Waals surface area contributed by atoms with Gasteiger partial charge in [0.2, 0.25) is 0 Å². The summed E-state index contributed by atoms with van der Waals surface area (Å²) in [6, 6.07) is 4.31. The van der Waals surface area contributed by atoms with Crippen LogP contribution in [0.2, 0.25) is 0 Å². The maximum Gasteiger partial charge on any atom is 0.263 e. The molecule has 1 amide bonds. The fraction of sp³-hybridized carbons (Fsp3) is 0.471. The number of rotatable bonds is 3. The minimum atomic E-state index is 0.190. The summed E-state index contributed by atoms with van der Waals surface area (Å²) in [6.45, 7) is 1.75. The van der Waals surface area contributed by atoms with Gasteiger partial charge in [-0.25, -0.2) is 4.98 Å². The van der Waals surface area contributed by atoms with Gasteiger partial charge in [0.25, 0.3) is 5.91 Å². The summed E-state index contributed by atoms with van der Waals surface area (Å²) >= 11 is 1.53. The Kier molecular flexibility index (Phi) is 3.77. The van der Waals surface area contributed by atoms with Gasteiger partial charge in [-0.3, -0.25) is 9.78 Å². The molecule has 1 saturated carbocycles. The quantitative estimate of drug-likeness (QED) is 0.869. The fourth-order valence-electron chi connectivity index (χ4n) is 4.08. The predicted molar refractivity (Wildman–Crippen MR) is 90.7 cm³/mol. The highest BCUT2D eigenvalue weighted by molar-refractivity contribution is 7.12. The van der Waals surface area contributed by atoms with Gasteiger partial charge >= 0.3 is 0 Å². The third kappa shape index (κ3) is 2.61. The lowest BCUT2D eigenvalue weighted by Crippen LogP contribution is -2.38. The summed E-state index contributed by atoms with van der Waals surface area (Å²) in [5.74, 6) is 2.26. The summed E-state index contributed by atoms with van der Waals surface area (Å²) < 4.78 is 0. The molecule has 0 N–H and O–H groups in total. The number of likely N-dealkylation sites (tertiary alicyclic amines) is 1. The van der Waals surface area contributed by atoms with Crippen molar-refractivity contribution in [3.05, 3.63) is 41.0 Å². The molecule has 6 heteroatoms. The van der Waals surface area contributed by atoms with Crippen LogP contribution >= 0.6 is 11.3 Å². The van der Waals surface area contributed by atoms with Crippen LogP contribution in [0.4, 0.5) is 5.82 Å². The Balaban J connectivity index is 1.48. The van der Waals surface area contributed by atoms with Crippen molar-refractivity contribution in [1.29, 1.82) is 0 Å². The molecule has 2 fully saturated rings. The number of fused-ring (bicyclic) bond motifs is 1. The molecule has 2 aliphatic rings. The molecule has 0 aromatic carbocycles. The van der Waals surface area contributed by atoms with E-state index in [2.05, 4.69) is 21.9 Å². The van der Waals surface area contributed by atoms with Crippen LogP contribution in [0, 0.1) is 11.8 Å². The third-order valence-corrected chi connectivity index (χ3v) is 6.10. The first-order chi connectivity index (χ1) is 11.2. The van der Waals surface area contributed by atoms with E-state index in [4.69, 9.17) is 0 Å². The lowest BCUT2D eigenvalue weighted by atomic mass is 9.97. The van der Waals surface area contributed by atoms with E-state index in [1.807, 2.05) is 28.6 Å². The predicted octanol–water partition coefficient (Wildman–Crippen LogP) is 2.53. The van der Waals surface area contributed by atoms with Crippen LogP contribution in [0.1, 0.15) is 22.5 Å². The second-order valence-corrected chi connectivity index (χ2v) is 7.38. The second kappa shape index (κ2) is 5.92. The van der Waals surface area contributed by atoms with Gasteiger partial charge in [0, 0.05) is 44.5 Å². The van der Waals surface area contributed by atoms with Crippen molar-refractivity contribution >= 4 is 23.1 Å². The molecule has 4 rings (SSSR count). The lowest BCUT2D eigenvalue weighted by molar-refractivity contribution is 0.0784. The topological polar surface area (TPSA) is 49.3 Å². The summed E-state index contributed by atoms with van der Waals surface area (Å²) in [6.07, 6.45) is 7.61. The molecular formula is C17H20N4OS. The first-order valence-electron chi connectivity index (χ1n) is 8.05. The van der Waals surface area contributed by atoms with Crippen LogP contribution in [0.5, 0.6) is 0 Å². The maximum absolute atomic E-state index is 12.6. The van der Waals surface area contributed by atoms with Crippen molar-refractivity contribution < 1.29 is 4.79 Å². The minimum absolute atomic E-state index is 0.190. The third-order valence-electron chi connectivity index (χ3n) is 5.25. The number of hydrogen-bond donors (Lipinski definition) is 0. The minimum Gasteiger partial charge on any atom is -0.355 e. The average Bonchev–Trinajstić information content (AvgIpc) is 3.30. The Morgan fingerprint density at radius 1 is 1.35 bits per heavy atom. The zero-order valence-corrected chi connectivity index (χ0v) is 13.9. The Morgan fingerprint density at radius 2 is 2.26 bits per heavy atom. The van der Waals surface area contributed by atoms with Crippen LogP contribution in [0.25, 0.3) is 0 Å². The molecule has 2 aromatic heterocycles. The number of carbonyl (C=O) groups excluding carboxylic acids is 1. The standard InChI is InChI=1S/C17H20N4OS/c1-20(16-9-18-6-7-19-16)14-5-4-12-10-21(11-13(12)14)17(22)15-3-2-8-23-15/h2-3,6-9,12-14H,4-5,10-11H2,1H3/t12-,13+,14-/m1/s1. The molecule has 5 nitrogen and oxygen atoms in total. The average molecular weight is 328 g/mol. The van der Waals surface area contributed by atoms with E-state index in [0.29, 0.717) is 17.9 Å². The fourth-order valence-corrected chi connectivity index (χ4v) is 4.77. The van der Waals surface area contributed by atoms with E-state index in [1.165, 1.54) is 24.2 Å². The first kappa shape index (κ1) is 14.6. The lowest BCUT2D eigenvalue weighted by Gasteiger charge is -2.30. The normalized spacial score (nSPS) is 26.3. The highest BCUT2D eigenvalue weighted by atomic mass is 32.1. The molecule has 2 aromatic rings. The number of anilines is 1. The van der Waals surface area contributed by atoms with E-state index in [-0.39, 0.29) is 5.91 Å². The van der Waals surface area contributed by atoms with Gasteiger partial charge in [0.15, 0.2) is 0 Å². The van der Waals surface area contributed by atoms with Crippen molar-refractivity contribution in [1.82, 2.24) is 14.9 Å². The number of hydrogen-bond acceptors (Lipinski definition) is 5. The summed E-state index contributed by atoms with van der Waals surface area (Å²) in [5.41, 5.74) is 0. The molecule has 3 atom stereocenters. The van der Waals surface area contributed by atoms with Gasteiger partial charge in [-0.15, -0.1) is 11.3 Å². The smallest absolute Gasteiger partial charge is 0.263 e. The first-order valence-corrected chi connectivity index (χ1v) is 8.93. The Hall–Kier alpha value is -1.95. The van der Waals surface area contributed by atoms with Gasteiger partial charge in [-0.1, -0.05) is 6.07 Å². The molecule has 1 aliphatic carbocycles. The molecule has 0 spiro atoms. The van der Waals surface area contributed by atoms with Crippen LogP contribution in [-0.4, -0.2) is 47.0 Å². The monoisotopic (exact) mass is 328 g/mol. The molecule has 0 bridgehead atoms. The van der Waals surface area contributed by atoms with Crippen LogP contribution in [0.15, 0.2) is 36.1 Å². The molecule has 1 aliphatic heterocycles. The van der Waals surface area contributed by atoms with Gasteiger partial charge in [0.05, 0.1) is 11.1 Å². The highest BCUT2D eigenvalue weighted by Crippen LogP contribution is 2.41. The largest absolute Gasteiger partial charge is 0.355 e. The Morgan fingerprint density at radius 3 is 3.00 bits per heavy atom. The van der Waals surface area contributed by atoms with Crippen molar-refractivity contribution in [2.75, 3.05) is 25.0 Å². The van der Waals surface area contributed by atoms with Gasteiger partial charge in [-0.2, -0.15) is 0 Å². The van der Waals surface area contributed by atoms with E-state index >= 15 is 0 Å². The van der Waals surface area contributed by atoms with Crippen LogP contribution in [-0.2, 0) is 0 Å². The van der Waals surface area contributed by atoms with Crippen molar-refractivity contribution in [2.24, 2.45) is 11.8 Å². The number of carbonyl (C=O) groups is 1. The van der Waals surface area contributed by atoms with E-state index in [1.54, 1.807) is 12.4 Å². The maximum atomic E-state index is 12.6. The van der Waals surface area contributed by atoms with Gasteiger partial charge in [-0.05, 0) is 30.2 Å². The summed E-state index contributed by atoms with van der Waals surface area (Å²) in [7, 11) is 2.10. The number of aromatic nitrogens is 2. The Labute approximate surface area is 140 Å². The van der Waals surface area contributed by atoms with Crippen LogP contribution in [0.3, 0.4) is 0 Å². The van der Waals surface area contributed by atoms with E-state index in [0.717, 1.165) is 23.8 Å². The summed E-state index contributed by atoms with van der Waals surface area (Å²) in [5, 5.41) is 1.97. The molecule has 120 valence electrons. The van der Waals surface area contributed by atoms with Crippen molar-refractivity contribution in [3.63, 3.8) is 0 Å². The molecular weight excluding hydrogens is 308 g/mol. The SMILES string of the molecule is CN(c1cnccn1)[C@@H]1CC[C@@H]2CN(C(=O)c3cccs3)C[C@@H]21. The zero-order chi connectivity index (χ0) is 15.8. The highest BCUT2D eigenvalue weighted by Gasteiger charge is 2.45. The zero-order valence-electron chi connectivity index (χ0n) is 13.1. The molecule has 0 radical (unpaired) electrons. The van der Waals surface area contributed by atoms with Crippen molar-refractivity contribution in [2.45, 2.75) is 18.9 Å². The second-order valence-electron chi connectivity index (χ2n) is 6.43. The van der Waals surface area contributed by atoms with E-state index < -0.39 is 0 Å². The number of nitrogens with zero attached hydrogens (tertiary/aromatic N) is 4. The van der Waals surface area contributed by atoms with Gasteiger partial charge < -0.3 is 9.80 Å².